The molecule has 0 N–H and O–H groups in total. The molecule has 32 heavy (non-hydrogen) atoms. The van der Waals surface area contributed by atoms with Gasteiger partial charge >= 0.3 is 196 Å². The number of nitriles is 1. The minimum absolute atomic E-state index is 0.0493. The van der Waals surface area contributed by atoms with Crippen molar-refractivity contribution in [3.63, 3.8) is 0 Å². The zero-order valence-electron chi connectivity index (χ0n) is 18.0. The van der Waals surface area contributed by atoms with Gasteiger partial charge in [0.1, 0.15) is 0 Å². The van der Waals surface area contributed by atoms with Crippen molar-refractivity contribution in [1.82, 2.24) is 0 Å². The monoisotopic (exact) mass is 567 g/mol. The molecule has 0 heterocycles. The summed E-state index contributed by atoms with van der Waals surface area (Å²) in [6, 6.07) is 18.6. The van der Waals surface area contributed by atoms with Crippen LogP contribution in [-0.4, -0.2) is 29.7 Å². The fourth-order valence-electron chi connectivity index (χ4n) is 2.80. The van der Waals surface area contributed by atoms with E-state index in [0.29, 0.717) is 30.0 Å². The van der Waals surface area contributed by atoms with Crippen molar-refractivity contribution in [1.29, 1.82) is 5.26 Å². The van der Waals surface area contributed by atoms with Crippen molar-refractivity contribution in [3.05, 3.63) is 78.9 Å². The van der Waals surface area contributed by atoms with E-state index in [1.807, 2.05) is 6.92 Å². The molecule has 0 bridgehead atoms. The summed E-state index contributed by atoms with van der Waals surface area (Å²) < 4.78 is 49.9. The zero-order chi connectivity index (χ0) is 23.3. The van der Waals surface area contributed by atoms with Crippen molar-refractivity contribution in [2.45, 2.75) is 11.8 Å². The number of hydrogen-bond donors (Lipinski definition) is 0. The van der Waals surface area contributed by atoms with Gasteiger partial charge in [-0.1, -0.05) is 0 Å². The van der Waals surface area contributed by atoms with Crippen LogP contribution in [0.5, 0.6) is 17.2 Å². The quantitative estimate of drug-likeness (QED) is 0.363. The van der Waals surface area contributed by atoms with Gasteiger partial charge in [0.25, 0.3) is 0 Å². The Morgan fingerprint density at radius 1 is 0.875 bits per heavy atom. The first-order chi connectivity index (χ1) is 15.3. The second-order valence-electron chi connectivity index (χ2n) is 6.55. The summed E-state index contributed by atoms with van der Waals surface area (Å²) in [5, 5.41) is 9.36. The molecule has 3 rings (SSSR count). The molecule has 0 radical (unpaired) electrons. The Balaban J connectivity index is 2.23. The molecule has 0 saturated carbocycles. The topological polar surface area (TPSA) is 94.9 Å². The summed E-state index contributed by atoms with van der Waals surface area (Å²) in [7, 11) is 0.356. The van der Waals surface area contributed by atoms with E-state index >= 15 is 0 Å². The summed E-state index contributed by atoms with van der Waals surface area (Å²) in [5.74, 6) is 1.26. The Bertz CT molecular complexity index is 1230. The van der Waals surface area contributed by atoms with Crippen LogP contribution in [0.4, 0.5) is 0 Å². The third-order valence-corrected chi connectivity index (χ3v) is 11.9. The Morgan fingerprint density at radius 3 is 2.03 bits per heavy atom. The molecule has 0 aromatic heterocycles. The second-order valence-corrected chi connectivity index (χ2v) is 12.9. The van der Waals surface area contributed by atoms with Crippen LogP contribution in [0.1, 0.15) is 11.1 Å². The number of nitrogens with zero attached hydrogens (tertiary/aromatic N) is 1. The van der Waals surface area contributed by atoms with Gasteiger partial charge in [-0.05, 0) is 0 Å². The molecule has 0 spiro atoms. The molecule has 0 fully saturated rings. The van der Waals surface area contributed by atoms with Crippen molar-refractivity contribution >= 4 is 30.4 Å². The molecule has 9 heteroatoms. The third kappa shape index (κ3) is 5.15. The predicted molar refractivity (Wildman–Crippen MR) is 128 cm³/mol. The number of rotatable bonds is 8. The molecule has 0 saturated heterocycles. The van der Waals surface area contributed by atoms with Crippen LogP contribution < -0.4 is 14.2 Å². The van der Waals surface area contributed by atoms with E-state index in [1.54, 1.807) is 48.5 Å². The van der Waals surface area contributed by atoms with Crippen molar-refractivity contribution in [3.8, 4) is 23.3 Å². The summed E-state index contributed by atoms with van der Waals surface area (Å²) in [5.41, 5.74) is 1.33. The van der Waals surface area contributed by atoms with Gasteiger partial charge in [-0.25, -0.2) is 0 Å². The summed E-state index contributed by atoms with van der Waals surface area (Å²) >= 11 is -3.23. The maximum absolute atomic E-state index is 13.2. The normalized spacial score (nSPS) is 11.4. The van der Waals surface area contributed by atoms with Crippen LogP contribution in [0.25, 0.3) is 0 Å². The van der Waals surface area contributed by atoms with Crippen LogP contribution in [0.3, 0.4) is 0 Å². The van der Waals surface area contributed by atoms with Crippen LogP contribution in [-0.2, 0) is 12.6 Å². The Morgan fingerprint density at radius 2 is 1.50 bits per heavy atom. The van der Waals surface area contributed by atoms with Gasteiger partial charge in [-0.2, -0.15) is 0 Å². The van der Waals surface area contributed by atoms with Crippen molar-refractivity contribution in [2.24, 2.45) is 0 Å². The molecule has 0 aliphatic heterocycles. The van der Waals surface area contributed by atoms with Crippen LogP contribution >= 0.6 is 20.2 Å². The summed E-state index contributed by atoms with van der Waals surface area (Å²) in [6.07, 6.45) is 0. The molecule has 3 aromatic rings. The molecule has 168 valence electrons. The van der Waals surface area contributed by atoms with Gasteiger partial charge in [0.2, 0.25) is 0 Å². The molecular weight excluding hydrogens is 545 g/mol. The van der Waals surface area contributed by atoms with E-state index in [1.165, 1.54) is 33.5 Å². The fraction of sp³-hybridized carbons (Fsp3) is 0.174. The summed E-state index contributed by atoms with van der Waals surface area (Å²) in [4.78, 5) is 0.0493. The number of halogens is 1. The Kier molecular flexibility index (Phi) is 7.60. The average molecular weight is 567 g/mol. The average Bonchev–Trinajstić information content (AvgIpc) is 2.82. The van der Waals surface area contributed by atoms with E-state index in [4.69, 9.17) is 16.7 Å². The molecule has 0 aliphatic carbocycles. The molecule has 0 unspecified atom stereocenters. The number of benzene rings is 3. The number of hydrogen-bond acceptors (Lipinski definition) is 7. The van der Waals surface area contributed by atoms with E-state index in [0.717, 1.165) is 5.56 Å². The second kappa shape index (κ2) is 10.2. The van der Waals surface area contributed by atoms with E-state index in [-0.39, 0.29) is 4.90 Å². The van der Waals surface area contributed by atoms with Crippen LogP contribution in [0, 0.1) is 25.4 Å². The van der Waals surface area contributed by atoms with Gasteiger partial charge in [0, 0.05) is 0 Å². The van der Waals surface area contributed by atoms with Gasteiger partial charge in [0.05, 0.1) is 0 Å². The Labute approximate surface area is 195 Å². The van der Waals surface area contributed by atoms with Crippen LogP contribution in [0.15, 0.2) is 65.6 Å². The third-order valence-electron chi connectivity index (χ3n) is 4.43. The molecule has 0 aliphatic rings. The fourth-order valence-corrected chi connectivity index (χ4v) is 10.3. The first-order valence-electron chi connectivity index (χ1n) is 9.34. The zero-order valence-corrected chi connectivity index (χ0v) is 20.9. The Hall–Kier alpha value is -2.81. The number of ether oxygens (including phenoxy) is 3. The van der Waals surface area contributed by atoms with Crippen LogP contribution in [0.2, 0.25) is 0 Å². The molecule has 7 nitrogen and oxygen atoms in total. The molecular formula is C23H22INO6S. The number of methoxy groups -OCH3 is 3. The molecule has 3 aromatic carbocycles. The van der Waals surface area contributed by atoms with E-state index in [9.17, 15) is 13.7 Å². The van der Waals surface area contributed by atoms with E-state index in [2.05, 4.69) is 6.07 Å². The predicted octanol–water partition coefficient (Wildman–Crippen LogP) is 4.76. The van der Waals surface area contributed by atoms with Gasteiger partial charge < -0.3 is 0 Å². The standard InChI is InChI=1S/C23H22INO6S/c1-16-8-10-20(11-9-16)32(26,27)31-24(18-7-5-6-17(12-18)15-25)23-21(29-3)13-19(28-2)14-22(23)30-4/h5-14H,1-4H3. The molecule has 0 atom stereocenters. The van der Waals surface area contributed by atoms with Gasteiger partial charge in [-0.15, -0.1) is 0 Å². The molecule has 0 amide bonds. The van der Waals surface area contributed by atoms with Crippen molar-refractivity contribution < 1.29 is 25.1 Å². The van der Waals surface area contributed by atoms with Gasteiger partial charge in [-0.3, -0.25) is 0 Å². The van der Waals surface area contributed by atoms with Crippen molar-refractivity contribution in [2.75, 3.05) is 21.3 Å². The maximum atomic E-state index is 13.2. The first kappa shape index (κ1) is 23.8. The minimum atomic E-state index is -4.11. The summed E-state index contributed by atoms with van der Waals surface area (Å²) in [6.45, 7) is 1.87. The number of aryl methyl sites for hydroxylation is 1. The SMILES string of the molecule is COc1cc(OC)c(I(OS(=O)(=O)c2ccc(C)cc2)c2cccc(C#N)c2)c(OC)c1. The first-order valence-corrected chi connectivity index (χ1v) is 13.8. The van der Waals surface area contributed by atoms with Gasteiger partial charge in [0.15, 0.2) is 0 Å². The van der Waals surface area contributed by atoms with E-state index < -0.39 is 30.4 Å².